The van der Waals surface area contributed by atoms with Gasteiger partial charge in [0.15, 0.2) is 0 Å². The summed E-state index contributed by atoms with van der Waals surface area (Å²) < 4.78 is 0. The van der Waals surface area contributed by atoms with Crippen molar-refractivity contribution in [2.24, 2.45) is 11.1 Å². The molecule has 1 heterocycles. The predicted molar refractivity (Wildman–Crippen MR) is 75.2 cm³/mol. The number of likely N-dealkylation sites (tertiary alicyclic amines) is 1. The lowest BCUT2D eigenvalue weighted by Crippen LogP contribution is -2.32. The minimum atomic E-state index is 0.315. The molecule has 2 N–H and O–H groups in total. The van der Waals surface area contributed by atoms with Gasteiger partial charge in [-0.2, -0.15) is 0 Å². The van der Waals surface area contributed by atoms with E-state index in [1.807, 2.05) is 0 Å². The highest BCUT2D eigenvalue weighted by molar-refractivity contribution is 4.71. The Labute approximate surface area is 107 Å². The molecule has 1 fully saturated rings. The summed E-state index contributed by atoms with van der Waals surface area (Å²) in [5.41, 5.74) is 6.06. The zero-order chi connectivity index (χ0) is 12.7. The van der Waals surface area contributed by atoms with E-state index in [0.29, 0.717) is 5.41 Å². The summed E-state index contributed by atoms with van der Waals surface area (Å²) in [6.45, 7) is 11.6. The Hall–Kier alpha value is -0.120. The van der Waals surface area contributed by atoms with Gasteiger partial charge in [-0.1, -0.05) is 13.8 Å². The highest BCUT2D eigenvalue weighted by atomic mass is 15.2. The predicted octanol–water partition coefficient (Wildman–Crippen LogP) is 1.78. The molecule has 1 aliphatic rings. The fourth-order valence-corrected chi connectivity index (χ4v) is 2.36. The summed E-state index contributed by atoms with van der Waals surface area (Å²) in [5, 5.41) is 0. The molecule has 0 spiro atoms. The third-order valence-electron chi connectivity index (χ3n) is 3.94. The Bertz CT molecular complexity index is 198. The molecule has 0 atom stereocenters. The molecule has 0 saturated carbocycles. The van der Waals surface area contributed by atoms with Crippen LogP contribution in [-0.2, 0) is 0 Å². The Morgan fingerprint density at radius 2 is 1.82 bits per heavy atom. The van der Waals surface area contributed by atoms with Crippen molar-refractivity contribution in [1.82, 2.24) is 9.80 Å². The fraction of sp³-hybridized carbons (Fsp3) is 1.00. The molecular formula is C14H31N3. The monoisotopic (exact) mass is 241 g/mol. The first-order valence-electron chi connectivity index (χ1n) is 7.14. The number of nitrogens with zero attached hydrogens (tertiary/aromatic N) is 2. The standard InChI is InChI=1S/C14H31N3/c1-14(2,13-15)7-6-8-16(3)11-12-17-9-4-5-10-17/h4-13,15H2,1-3H3. The second-order valence-corrected chi connectivity index (χ2v) is 6.32. The van der Waals surface area contributed by atoms with E-state index in [1.54, 1.807) is 0 Å². The van der Waals surface area contributed by atoms with Gasteiger partial charge >= 0.3 is 0 Å². The quantitative estimate of drug-likeness (QED) is 0.703. The van der Waals surface area contributed by atoms with E-state index < -0.39 is 0 Å². The molecule has 0 amide bonds. The van der Waals surface area contributed by atoms with Crippen molar-refractivity contribution >= 4 is 0 Å². The molecule has 0 bridgehead atoms. The Morgan fingerprint density at radius 1 is 1.18 bits per heavy atom. The molecule has 0 aromatic heterocycles. The van der Waals surface area contributed by atoms with Crippen LogP contribution >= 0.6 is 0 Å². The minimum absolute atomic E-state index is 0.315. The molecule has 0 radical (unpaired) electrons. The van der Waals surface area contributed by atoms with Crippen molar-refractivity contribution in [3.63, 3.8) is 0 Å². The average Bonchev–Trinajstić information content (AvgIpc) is 2.79. The molecule has 0 aromatic rings. The smallest absolute Gasteiger partial charge is 0.0109 e. The van der Waals surface area contributed by atoms with Gasteiger partial charge in [0.25, 0.3) is 0 Å². The van der Waals surface area contributed by atoms with Gasteiger partial charge in [-0.15, -0.1) is 0 Å². The molecule has 1 rings (SSSR count). The van der Waals surface area contributed by atoms with E-state index in [0.717, 1.165) is 6.54 Å². The van der Waals surface area contributed by atoms with Crippen LogP contribution in [0.1, 0.15) is 39.5 Å². The van der Waals surface area contributed by atoms with E-state index in [-0.39, 0.29) is 0 Å². The fourth-order valence-electron chi connectivity index (χ4n) is 2.36. The molecule has 102 valence electrons. The van der Waals surface area contributed by atoms with Crippen LogP contribution in [0.25, 0.3) is 0 Å². The van der Waals surface area contributed by atoms with Gasteiger partial charge in [-0.3, -0.25) is 0 Å². The number of nitrogens with two attached hydrogens (primary N) is 1. The summed E-state index contributed by atoms with van der Waals surface area (Å²) >= 11 is 0. The lowest BCUT2D eigenvalue weighted by atomic mass is 9.88. The molecule has 1 saturated heterocycles. The Balaban J connectivity index is 2.02. The molecule has 3 nitrogen and oxygen atoms in total. The lowest BCUT2D eigenvalue weighted by molar-refractivity contribution is 0.239. The summed E-state index contributed by atoms with van der Waals surface area (Å²) in [4.78, 5) is 5.05. The average molecular weight is 241 g/mol. The maximum absolute atomic E-state index is 5.74. The number of hydrogen-bond acceptors (Lipinski definition) is 3. The van der Waals surface area contributed by atoms with Gasteiger partial charge < -0.3 is 15.5 Å². The summed E-state index contributed by atoms with van der Waals surface area (Å²) in [7, 11) is 2.24. The van der Waals surface area contributed by atoms with Crippen molar-refractivity contribution in [3.8, 4) is 0 Å². The third-order valence-corrected chi connectivity index (χ3v) is 3.94. The molecule has 1 aliphatic heterocycles. The van der Waals surface area contributed by atoms with Crippen LogP contribution in [-0.4, -0.2) is 56.1 Å². The van der Waals surface area contributed by atoms with E-state index >= 15 is 0 Å². The molecule has 0 aliphatic carbocycles. The van der Waals surface area contributed by atoms with Gasteiger partial charge in [0.05, 0.1) is 0 Å². The molecule has 3 heteroatoms. The second-order valence-electron chi connectivity index (χ2n) is 6.32. The summed E-state index contributed by atoms with van der Waals surface area (Å²) in [6, 6.07) is 0. The van der Waals surface area contributed by atoms with Crippen LogP contribution in [0.2, 0.25) is 0 Å². The molecule has 0 aromatic carbocycles. The van der Waals surface area contributed by atoms with Crippen LogP contribution in [0, 0.1) is 5.41 Å². The van der Waals surface area contributed by atoms with Crippen LogP contribution in [0.3, 0.4) is 0 Å². The van der Waals surface area contributed by atoms with Gasteiger partial charge in [0.2, 0.25) is 0 Å². The minimum Gasteiger partial charge on any atom is -0.330 e. The van der Waals surface area contributed by atoms with Gasteiger partial charge in [0.1, 0.15) is 0 Å². The highest BCUT2D eigenvalue weighted by Crippen LogP contribution is 2.20. The first-order valence-corrected chi connectivity index (χ1v) is 7.14. The van der Waals surface area contributed by atoms with Gasteiger partial charge in [-0.05, 0) is 64.3 Å². The SMILES string of the molecule is CN(CCCC(C)(C)CN)CCN1CCCC1. The number of rotatable bonds is 8. The van der Waals surface area contributed by atoms with Crippen molar-refractivity contribution < 1.29 is 0 Å². The van der Waals surface area contributed by atoms with Gasteiger partial charge in [-0.25, -0.2) is 0 Å². The zero-order valence-corrected chi connectivity index (χ0v) is 12.0. The van der Waals surface area contributed by atoms with E-state index in [4.69, 9.17) is 5.73 Å². The van der Waals surface area contributed by atoms with E-state index in [1.165, 1.54) is 58.4 Å². The normalized spacial score (nSPS) is 18.2. The highest BCUT2D eigenvalue weighted by Gasteiger charge is 2.15. The van der Waals surface area contributed by atoms with Crippen LogP contribution < -0.4 is 5.73 Å². The Kier molecular flexibility index (Phi) is 6.45. The zero-order valence-electron chi connectivity index (χ0n) is 12.0. The van der Waals surface area contributed by atoms with Crippen LogP contribution in [0.15, 0.2) is 0 Å². The van der Waals surface area contributed by atoms with Crippen LogP contribution in [0.4, 0.5) is 0 Å². The summed E-state index contributed by atoms with van der Waals surface area (Å²) in [5.74, 6) is 0. The second kappa shape index (κ2) is 7.34. The van der Waals surface area contributed by atoms with Gasteiger partial charge in [0, 0.05) is 13.1 Å². The van der Waals surface area contributed by atoms with Crippen molar-refractivity contribution in [2.45, 2.75) is 39.5 Å². The van der Waals surface area contributed by atoms with E-state index in [9.17, 15) is 0 Å². The van der Waals surface area contributed by atoms with E-state index in [2.05, 4.69) is 30.7 Å². The molecule has 17 heavy (non-hydrogen) atoms. The lowest BCUT2D eigenvalue weighted by Gasteiger charge is -2.25. The maximum Gasteiger partial charge on any atom is 0.0109 e. The van der Waals surface area contributed by atoms with Crippen molar-refractivity contribution in [1.29, 1.82) is 0 Å². The Morgan fingerprint density at radius 3 is 2.41 bits per heavy atom. The molecular weight excluding hydrogens is 210 g/mol. The topological polar surface area (TPSA) is 32.5 Å². The third kappa shape index (κ3) is 6.39. The number of hydrogen-bond donors (Lipinski definition) is 1. The first kappa shape index (κ1) is 14.9. The molecule has 0 unspecified atom stereocenters. The first-order chi connectivity index (χ1) is 8.03. The summed E-state index contributed by atoms with van der Waals surface area (Å²) in [6.07, 6.45) is 5.29. The van der Waals surface area contributed by atoms with Crippen molar-refractivity contribution in [2.75, 3.05) is 46.3 Å². The maximum atomic E-state index is 5.74. The van der Waals surface area contributed by atoms with Crippen molar-refractivity contribution in [3.05, 3.63) is 0 Å². The van der Waals surface area contributed by atoms with Crippen LogP contribution in [0.5, 0.6) is 0 Å². The largest absolute Gasteiger partial charge is 0.330 e. The number of likely N-dealkylation sites (N-methyl/N-ethyl adjacent to an activating group) is 1.